The molecule has 2 N–H and O–H groups in total. The van der Waals surface area contributed by atoms with Crippen molar-refractivity contribution in [2.75, 3.05) is 27.4 Å². The van der Waals surface area contributed by atoms with Crippen molar-refractivity contribution in [3.8, 4) is 0 Å². The first-order chi connectivity index (χ1) is 7.27. The van der Waals surface area contributed by atoms with Gasteiger partial charge in [-0.3, -0.25) is 4.79 Å². The summed E-state index contributed by atoms with van der Waals surface area (Å²) in [6, 6.07) is 0. The van der Waals surface area contributed by atoms with Gasteiger partial charge in [0.25, 0.3) is 0 Å². The Morgan fingerprint density at radius 1 is 1.38 bits per heavy atom. The molecule has 0 aromatic rings. The Kier molecular flexibility index (Phi) is 5.92. The van der Waals surface area contributed by atoms with Crippen LogP contribution in [-0.4, -0.2) is 49.6 Å². The van der Waals surface area contributed by atoms with Crippen LogP contribution in [0.1, 0.15) is 27.2 Å². The highest BCUT2D eigenvalue weighted by molar-refractivity contribution is 5.78. The third kappa shape index (κ3) is 4.92. The molecule has 16 heavy (non-hydrogen) atoms. The van der Waals surface area contributed by atoms with Crippen LogP contribution in [0.4, 0.5) is 0 Å². The van der Waals surface area contributed by atoms with Crippen molar-refractivity contribution in [1.29, 1.82) is 0 Å². The maximum atomic E-state index is 10.9. The van der Waals surface area contributed by atoms with Gasteiger partial charge < -0.3 is 19.9 Å². The summed E-state index contributed by atoms with van der Waals surface area (Å²) in [6.07, 6.45) is 0.725. The van der Waals surface area contributed by atoms with E-state index in [-0.39, 0.29) is 12.2 Å². The predicted molar refractivity (Wildman–Crippen MR) is 61.6 cm³/mol. The van der Waals surface area contributed by atoms with E-state index in [9.17, 15) is 4.79 Å². The molecule has 0 aliphatic carbocycles. The number of aliphatic carboxylic acids is 1. The van der Waals surface area contributed by atoms with Crippen molar-refractivity contribution in [1.82, 2.24) is 5.32 Å². The van der Waals surface area contributed by atoms with E-state index in [4.69, 9.17) is 14.6 Å². The third-order valence-corrected chi connectivity index (χ3v) is 2.82. The molecule has 0 aromatic heterocycles. The molecule has 0 rings (SSSR count). The average molecular weight is 233 g/mol. The summed E-state index contributed by atoms with van der Waals surface area (Å²) < 4.78 is 10.6. The number of carboxylic acid groups (broad SMARTS) is 1. The first-order valence-electron chi connectivity index (χ1n) is 5.32. The van der Waals surface area contributed by atoms with Crippen LogP contribution in [0.5, 0.6) is 0 Å². The van der Waals surface area contributed by atoms with Gasteiger partial charge in [0.05, 0.1) is 12.2 Å². The van der Waals surface area contributed by atoms with Gasteiger partial charge in [0.2, 0.25) is 0 Å². The highest BCUT2D eigenvalue weighted by Crippen LogP contribution is 2.13. The van der Waals surface area contributed by atoms with E-state index in [0.29, 0.717) is 6.61 Å². The third-order valence-electron chi connectivity index (χ3n) is 2.82. The molecular formula is C11H23NO4. The minimum absolute atomic E-state index is 0.138. The standard InChI is InChI=1S/C11H23NO4/c1-10(2,15-5)6-7-16-8-11(3,12-4)9(13)14/h12H,6-8H2,1-5H3,(H,13,14). The van der Waals surface area contributed by atoms with Crippen molar-refractivity contribution in [2.24, 2.45) is 0 Å². The Hall–Kier alpha value is -0.650. The smallest absolute Gasteiger partial charge is 0.326 e. The zero-order chi connectivity index (χ0) is 12.8. The summed E-state index contributed by atoms with van der Waals surface area (Å²) in [6.45, 7) is 6.14. The van der Waals surface area contributed by atoms with E-state index in [1.807, 2.05) is 13.8 Å². The fraction of sp³-hybridized carbons (Fsp3) is 0.909. The number of methoxy groups -OCH3 is 1. The minimum atomic E-state index is -1.03. The zero-order valence-corrected chi connectivity index (χ0v) is 10.8. The molecule has 5 nitrogen and oxygen atoms in total. The van der Waals surface area contributed by atoms with E-state index < -0.39 is 11.5 Å². The summed E-state index contributed by atoms with van der Waals surface area (Å²) in [4.78, 5) is 10.9. The number of carbonyl (C=O) groups is 1. The Bertz CT molecular complexity index is 230. The van der Waals surface area contributed by atoms with Crippen LogP contribution in [-0.2, 0) is 14.3 Å². The topological polar surface area (TPSA) is 67.8 Å². The number of rotatable bonds is 8. The van der Waals surface area contributed by atoms with Gasteiger partial charge in [-0.25, -0.2) is 0 Å². The minimum Gasteiger partial charge on any atom is -0.480 e. The molecule has 0 saturated heterocycles. The lowest BCUT2D eigenvalue weighted by atomic mass is 10.0. The average Bonchev–Trinajstić information content (AvgIpc) is 2.24. The lowest BCUT2D eigenvalue weighted by Gasteiger charge is -2.26. The van der Waals surface area contributed by atoms with E-state index in [0.717, 1.165) is 6.42 Å². The van der Waals surface area contributed by atoms with E-state index in [1.54, 1.807) is 21.1 Å². The molecule has 1 unspecified atom stereocenters. The predicted octanol–water partition coefficient (Wildman–Crippen LogP) is 0.881. The maximum Gasteiger partial charge on any atom is 0.326 e. The van der Waals surface area contributed by atoms with Crippen LogP contribution in [0.3, 0.4) is 0 Å². The van der Waals surface area contributed by atoms with Crippen LogP contribution in [0, 0.1) is 0 Å². The highest BCUT2D eigenvalue weighted by atomic mass is 16.5. The number of carboxylic acids is 1. The number of hydrogen-bond donors (Lipinski definition) is 2. The van der Waals surface area contributed by atoms with Gasteiger partial charge in [0.15, 0.2) is 0 Å². The van der Waals surface area contributed by atoms with E-state index in [1.165, 1.54) is 0 Å². The molecule has 0 aliphatic heterocycles. The summed E-state index contributed by atoms with van der Waals surface area (Å²) in [7, 11) is 3.26. The molecule has 5 heteroatoms. The second kappa shape index (κ2) is 6.18. The first kappa shape index (κ1) is 15.3. The summed E-state index contributed by atoms with van der Waals surface area (Å²) in [5.41, 5.74) is -1.27. The molecule has 0 fully saturated rings. The highest BCUT2D eigenvalue weighted by Gasteiger charge is 2.31. The SMILES string of the molecule is CNC(C)(COCCC(C)(C)OC)C(=O)O. The molecule has 96 valence electrons. The monoisotopic (exact) mass is 233 g/mol. The lowest BCUT2D eigenvalue weighted by molar-refractivity contribution is -0.146. The van der Waals surface area contributed by atoms with Crippen LogP contribution >= 0.6 is 0 Å². The zero-order valence-electron chi connectivity index (χ0n) is 10.8. The van der Waals surface area contributed by atoms with Gasteiger partial charge in [0.1, 0.15) is 5.54 Å². The van der Waals surface area contributed by atoms with Gasteiger partial charge in [-0.2, -0.15) is 0 Å². The molecule has 0 bridgehead atoms. The number of ether oxygens (including phenoxy) is 2. The Morgan fingerprint density at radius 3 is 2.31 bits per heavy atom. The van der Waals surface area contributed by atoms with Crippen molar-refractivity contribution in [2.45, 2.75) is 38.3 Å². The second-order valence-electron chi connectivity index (χ2n) is 4.65. The fourth-order valence-electron chi connectivity index (χ4n) is 0.937. The second-order valence-corrected chi connectivity index (χ2v) is 4.65. The summed E-state index contributed by atoms with van der Waals surface area (Å²) >= 11 is 0. The molecule has 0 aliphatic rings. The van der Waals surface area contributed by atoms with Crippen LogP contribution in [0.15, 0.2) is 0 Å². The van der Waals surface area contributed by atoms with E-state index in [2.05, 4.69) is 5.32 Å². The van der Waals surface area contributed by atoms with Crippen LogP contribution < -0.4 is 5.32 Å². The normalized spacial score (nSPS) is 15.8. The van der Waals surface area contributed by atoms with Gasteiger partial charge in [-0.15, -0.1) is 0 Å². The van der Waals surface area contributed by atoms with Crippen molar-refractivity contribution in [3.63, 3.8) is 0 Å². The molecular weight excluding hydrogens is 210 g/mol. The molecule has 1 atom stereocenters. The molecule has 0 heterocycles. The Balaban J connectivity index is 3.94. The summed E-state index contributed by atoms with van der Waals surface area (Å²) in [5, 5.41) is 11.7. The van der Waals surface area contributed by atoms with Gasteiger partial charge in [-0.1, -0.05) is 0 Å². The van der Waals surface area contributed by atoms with Gasteiger partial charge in [-0.05, 0) is 34.2 Å². The van der Waals surface area contributed by atoms with Gasteiger partial charge >= 0.3 is 5.97 Å². The molecule has 0 spiro atoms. The Labute approximate surface area is 97.1 Å². The largest absolute Gasteiger partial charge is 0.480 e. The first-order valence-corrected chi connectivity index (χ1v) is 5.32. The van der Waals surface area contributed by atoms with Crippen LogP contribution in [0.25, 0.3) is 0 Å². The quantitative estimate of drug-likeness (QED) is 0.609. The number of likely N-dealkylation sites (N-methyl/N-ethyl adjacent to an activating group) is 1. The summed E-state index contributed by atoms with van der Waals surface area (Å²) in [5.74, 6) is -0.916. The van der Waals surface area contributed by atoms with Gasteiger partial charge in [0, 0.05) is 13.7 Å². The number of hydrogen-bond acceptors (Lipinski definition) is 4. The maximum absolute atomic E-state index is 10.9. The van der Waals surface area contributed by atoms with E-state index >= 15 is 0 Å². The molecule has 0 aromatic carbocycles. The Morgan fingerprint density at radius 2 is 1.94 bits per heavy atom. The molecule has 0 amide bonds. The van der Waals surface area contributed by atoms with Crippen LogP contribution in [0.2, 0.25) is 0 Å². The fourth-order valence-corrected chi connectivity index (χ4v) is 0.937. The molecule has 0 saturated carbocycles. The van der Waals surface area contributed by atoms with Crippen molar-refractivity contribution < 1.29 is 19.4 Å². The lowest BCUT2D eigenvalue weighted by Crippen LogP contribution is -2.51. The van der Waals surface area contributed by atoms with Crippen molar-refractivity contribution in [3.05, 3.63) is 0 Å². The molecule has 0 radical (unpaired) electrons. The number of nitrogens with one attached hydrogen (secondary N) is 1. The van der Waals surface area contributed by atoms with Crippen molar-refractivity contribution >= 4 is 5.97 Å².